The molecule has 0 radical (unpaired) electrons. The van der Waals surface area contributed by atoms with Crippen molar-refractivity contribution in [2.24, 2.45) is 0 Å². The molecule has 0 unspecified atom stereocenters. The van der Waals surface area contributed by atoms with Crippen LogP contribution in [-0.4, -0.2) is 12.5 Å². The molecule has 2 aromatic carbocycles. The second-order valence-electron chi connectivity index (χ2n) is 4.77. The maximum Gasteiger partial charge on any atom is 0.261 e. The van der Waals surface area contributed by atoms with Gasteiger partial charge >= 0.3 is 0 Å². The molecule has 0 saturated heterocycles. The van der Waals surface area contributed by atoms with Gasteiger partial charge in [-0.25, -0.2) is 4.39 Å². The Hall–Kier alpha value is -2.16. The van der Waals surface area contributed by atoms with Crippen molar-refractivity contribution < 1.29 is 9.18 Å². The third-order valence-electron chi connectivity index (χ3n) is 3.55. The number of fused-ring (bicyclic) bond motifs is 1. The summed E-state index contributed by atoms with van der Waals surface area (Å²) in [6.07, 6.45) is 0.829. The molecule has 0 spiro atoms. The fourth-order valence-corrected chi connectivity index (χ4v) is 2.51. The molecule has 1 amide bonds. The van der Waals surface area contributed by atoms with Crippen molar-refractivity contribution >= 4 is 11.6 Å². The quantitative estimate of drug-likeness (QED) is 0.765. The first-order valence-corrected chi connectivity index (χ1v) is 6.33. The first-order chi connectivity index (χ1) is 9.18. The summed E-state index contributed by atoms with van der Waals surface area (Å²) in [7, 11) is 0. The van der Waals surface area contributed by atoms with Crippen molar-refractivity contribution in [2.45, 2.75) is 13.3 Å². The lowest BCUT2D eigenvalue weighted by Gasteiger charge is -2.18. The SMILES string of the molecule is Cc1cccc(C(=O)N2CCc3ccccc32)c1F. The molecular weight excluding hydrogens is 241 g/mol. The number of amides is 1. The maximum absolute atomic E-state index is 14.0. The number of anilines is 1. The van der Waals surface area contributed by atoms with Crippen LogP contribution in [0.3, 0.4) is 0 Å². The van der Waals surface area contributed by atoms with Crippen LogP contribution in [0.2, 0.25) is 0 Å². The molecular formula is C16H14FNO. The van der Waals surface area contributed by atoms with Crippen molar-refractivity contribution in [3.05, 3.63) is 65.0 Å². The van der Waals surface area contributed by atoms with Crippen LogP contribution >= 0.6 is 0 Å². The number of para-hydroxylation sites is 1. The van der Waals surface area contributed by atoms with Crippen LogP contribution in [0.5, 0.6) is 0 Å². The lowest BCUT2D eigenvalue weighted by atomic mass is 10.1. The van der Waals surface area contributed by atoms with Gasteiger partial charge in [-0.1, -0.05) is 30.3 Å². The Morgan fingerprint density at radius 2 is 1.95 bits per heavy atom. The molecule has 2 aromatic rings. The molecule has 19 heavy (non-hydrogen) atoms. The Kier molecular flexibility index (Phi) is 2.82. The molecule has 3 rings (SSSR count). The van der Waals surface area contributed by atoms with Gasteiger partial charge in [0, 0.05) is 12.2 Å². The highest BCUT2D eigenvalue weighted by Gasteiger charge is 2.27. The molecule has 1 aliphatic heterocycles. The van der Waals surface area contributed by atoms with Gasteiger partial charge in [0.25, 0.3) is 5.91 Å². The Bertz CT molecular complexity index is 651. The molecule has 3 heteroatoms. The summed E-state index contributed by atoms with van der Waals surface area (Å²) < 4.78 is 14.0. The van der Waals surface area contributed by atoms with E-state index >= 15 is 0 Å². The number of hydrogen-bond donors (Lipinski definition) is 0. The van der Waals surface area contributed by atoms with Crippen LogP contribution in [0.1, 0.15) is 21.5 Å². The second-order valence-corrected chi connectivity index (χ2v) is 4.77. The zero-order valence-corrected chi connectivity index (χ0v) is 10.7. The van der Waals surface area contributed by atoms with Gasteiger partial charge < -0.3 is 4.90 Å². The van der Waals surface area contributed by atoms with Crippen LogP contribution < -0.4 is 4.90 Å². The van der Waals surface area contributed by atoms with E-state index in [1.165, 1.54) is 0 Å². The zero-order valence-electron chi connectivity index (χ0n) is 10.7. The smallest absolute Gasteiger partial charge is 0.261 e. The molecule has 0 atom stereocenters. The lowest BCUT2D eigenvalue weighted by Crippen LogP contribution is -2.29. The number of carbonyl (C=O) groups excluding carboxylic acids is 1. The van der Waals surface area contributed by atoms with E-state index in [1.807, 2.05) is 24.3 Å². The number of hydrogen-bond acceptors (Lipinski definition) is 1. The second kappa shape index (κ2) is 4.50. The fourth-order valence-electron chi connectivity index (χ4n) is 2.51. The fraction of sp³-hybridized carbons (Fsp3) is 0.188. The van der Waals surface area contributed by atoms with Crippen molar-refractivity contribution in [3.63, 3.8) is 0 Å². The number of halogens is 1. The van der Waals surface area contributed by atoms with Gasteiger partial charge in [-0.2, -0.15) is 0 Å². The standard InChI is InChI=1S/C16H14FNO/c1-11-5-4-7-13(15(11)17)16(19)18-10-9-12-6-2-3-8-14(12)18/h2-8H,9-10H2,1H3. The van der Waals surface area contributed by atoms with Crippen molar-refractivity contribution in [2.75, 3.05) is 11.4 Å². The third-order valence-corrected chi connectivity index (χ3v) is 3.55. The number of aryl methyl sites for hydroxylation is 1. The Morgan fingerprint density at radius 3 is 2.79 bits per heavy atom. The minimum Gasteiger partial charge on any atom is -0.308 e. The molecule has 0 N–H and O–H groups in total. The molecule has 0 fully saturated rings. The van der Waals surface area contributed by atoms with Crippen molar-refractivity contribution in [1.82, 2.24) is 0 Å². The summed E-state index contributed by atoms with van der Waals surface area (Å²) in [6, 6.07) is 12.7. The number of carbonyl (C=O) groups is 1. The van der Waals surface area contributed by atoms with Crippen LogP contribution in [0, 0.1) is 12.7 Å². The normalized spacial score (nSPS) is 13.5. The molecule has 1 aliphatic rings. The summed E-state index contributed by atoms with van der Waals surface area (Å²) in [5.41, 5.74) is 2.69. The summed E-state index contributed by atoms with van der Waals surface area (Å²) in [4.78, 5) is 14.1. The first kappa shape index (κ1) is 11.9. The van der Waals surface area contributed by atoms with E-state index in [2.05, 4.69) is 0 Å². The molecule has 0 aliphatic carbocycles. The number of nitrogens with zero attached hydrogens (tertiary/aromatic N) is 1. The predicted molar refractivity (Wildman–Crippen MR) is 73.0 cm³/mol. The Labute approximate surface area is 111 Å². The highest BCUT2D eigenvalue weighted by atomic mass is 19.1. The van der Waals surface area contributed by atoms with Crippen LogP contribution in [0.4, 0.5) is 10.1 Å². The van der Waals surface area contributed by atoms with Gasteiger partial charge in [0.05, 0.1) is 5.56 Å². The Morgan fingerprint density at radius 1 is 1.16 bits per heavy atom. The summed E-state index contributed by atoms with van der Waals surface area (Å²) >= 11 is 0. The minimum atomic E-state index is -0.420. The summed E-state index contributed by atoms with van der Waals surface area (Å²) in [5.74, 6) is -0.678. The van der Waals surface area contributed by atoms with Gasteiger partial charge in [-0.15, -0.1) is 0 Å². The lowest BCUT2D eigenvalue weighted by molar-refractivity contribution is 0.0985. The van der Waals surface area contributed by atoms with E-state index in [-0.39, 0.29) is 11.5 Å². The molecule has 0 aromatic heterocycles. The van der Waals surface area contributed by atoms with E-state index in [0.29, 0.717) is 12.1 Å². The predicted octanol–water partition coefficient (Wildman–Crippen LogP) is 3.34. The van der Waals surface area contributed by atoms with Gasteiger partial charge in [-0.05, 0) is 36.6 Å². The first-order valence-electron chi connectivity index (χ1n) is 6.33. The van der Waals surface area contributed by atoms with Gasteiger partial charge in [0.1, 0.15) is 5.82 Å². The molecule has 0 bridgehead atoms. The minimum absolute atomic E-state index is 0.150. The Balaban J connectivity index is 2.00. The maximum atomic E-state index is 14.0. The molecule has 0 saturated carbocycles. The van der Waals surface area contributed by atoms with E-state index in [9.17, 15) is 9.18 Å². The summed E-state index contributed by atoms with van der Waals surface area (Å²) in [6.45, 7) is 2.29. The van der Waals surface area contributed by atoms with E-state index < -0.39 is 5.82 Å². The van der Waals surface area contributed by atoms with Gasteiger partial charge in [0.15, 0.2) is 0 Å². The number of rotatable bonds is 1. The van der Waals surface area contributed by atoms with E-state index in [1.54, 1.807) is 30.0 Å². The van der Waals surface area contributed by atoms with Crippen LogP contribution in [0.15, 0.2) is 42.5 Å². The molecule has 96 valence electrons. The van der Waals surface area contributed by atoms with E-state index in [4.69, 9.17) is 0 Å². The average Bonchev–Trinajstić information content (AvgIpc) is 2.85. The highest BCUT2D eigenvalue weighted by Crippen LogP contribution is 2.29. The van der Waals surface area contributed by atoms with Crippen molar-refractivity contribution in [3.8, 4) is 0 Å². The largest absolute Gasteiger partial charge is 0.308 e. The summed E-state index contributed by atoms with van der Waals surface area (Å²) in [5, 5.41) is 0. The topological polar surface area (TPSA) is 20.3 Å². The monoisotopic (exact) mass is 255 g/mol. The van der Waals surface area contributed by atoms with Gasteiger partial charge in [-0.3, -0.25) is 4.79 Å². The van der Waals surface area contributed by atoms with Crippen molar-refractivity contribution in [1.29, 1.82) is 0 Å². The number of benzene rings is 2. The average molecular weight is 255 g/mol. The van der Waals surface area contributed by atoms with Crippen LogP contribution in [-0.2, 0) is 6.42 Å². The van der Waals surface area contributed by atoms with Crippen LogP contribution in [0.25, 0.3) is 0 Å². The third kappa shape index (κ3) is 1.91. The van der Waals surface area contributed by atoms with E-state index in [0.717, 1.165) is 17.7 Å². The zero-order chi connectivity index (χ0) is 13.4. The van der Waals surface area contributed by atoms with Gasteiger partial charge in [0.2, 0.25) is 0 Å². The molecule has 2 nitrogen and oxygen atoms in total. The highest BCUT2D eigenvalue weighted by molar-refractivity contribution is 6.07. The molecule has 1 heterocycles.